The number of amides is 1. The van der Waals surface area contributed by atoms with Gasteiger partial charge < -0.3 is 15.4 Å². The normalized spacial score (nSPS) is 22.0. The third kappa shape index (κ3) is 5.56. The molecule has 1 aromatic heterocycles. The topological polar surface area (TPSA) is 53.6 Å². The van der Waals surface area contributed by atoms with Gasteiger partial charge in [-0.25, -0.2) is 0 Å². The van der Waals surface area contributed by atoms with Crippen LogP contribution in [0.4, 0.5) is 0 Å². The highest BCUT2D eigenvalue weighted by Crippen LogP contribution is 2.35. The molecule has 2 aliphatic rings. The van der Waals surface area contributed by atoms with E-state index in [1.807, 2.05) is 0 Å². The number of thiophene rings is 1. The molecule has 0 aromatic carbocycles. The number of ether oxygens (including phenoxy) is 1. The van der Waals surface area contributed by atoms with Crippen molar-refractivity contribution in [1.82, 2.24) is 15.5 Å². The first-order chi connectivity index (χ1) is 13.4. The van der Waals surface area contributed by atoms with Gasteiger partial charge in [-0.3, -0.25) is 9.69 Å². The largest absolute Gasteiger partial charge is 0.379 e. The number of morpholine rings is 1. The fraction of sp³-hybridized carbons (Fsp3) is 0.773. The fourth-order valence-corrected chi connectivity index (χ4v) is 5.71. The summed E-state index contributed by atoms with van der Waals surface area (Å²) >= 11 is 1.75. The average Bonchev–Trinajstić information content (AvgIpc) is 3.21. The summed E-state index contributed by atoms with van der Waals surface area (Å²) in [4.78, 5) is 16.6. The van der Waals surface area contributed by atoms with Gasteiger partial charge in [0, 0.05) is 36.1 Å². The van der Waals surface area contributed by atoms with Crippen molar-refractivity contribution in [3.05, 3.63) is 22.4 Å². The molecule has 0 bridgehead atoms. The maximum Gasteiger partial charge on any atom is 0.234 e. The van der Waals surface area contributed by atoms with Crippen LogP contribution in [-0.2, 0) is 9.53 Å². The number of rotatable bonds is 7. The smallest absolute Gasteiger partial charge is 0.234 e. The van der Waals surface area contributed by atoms with Gasteiger partial charge in [0.25, 0.3) is 0 Å². The van der Waals surface area contributed by atoms with E-state index in [1.165, 1.54) is 37.0 Å². The predicted molar refractivity (Wildman–Crippen MR) is 116 cm³/mol. The molecule has 1 aromatic rings. The molecule has 1 saturated carbocycles. The summed E-state index contributed by atoms with van der Waals surface area (Å²) in [6.07, 6.45) is 6.20. The molecular weight excluding hydrogens is 370 g/mol. The maximum atomic E-state index is 12.7. The molecule has 1 atom stereocenters. The van der Waals surface area contributed by atoms with Gasteiger partial charge in [-0.2, -0.15) is 0 Å². The van der Waals surface area contributed by atoms with Crippen LogP contribution in [0.5, 0.6) is 0 Å². The first kappa shape index (κ1) is 21.8. The standard InChI is InChI=1S/C22H37N3O2S/c1-21(2,3)20(18-8-7-15-28-18)23-16-19(26)24-17-22(9-5-4-6-10-22)25-11-13-27-14-12-25/h7-8,15,20,23H,4-6,9-14,16-17H2,1-3H3,(H,24,26). The van der Waals surface area contributed by atoms with Gasteiger partial charge in [0.2, 0.25) is 5.91 Å². The number of nitrogens with one attached hydrogen (secondary N) is 2. The minimum atomic E-state index is 0.0591. The zero-order valence-electron chi connectivity index (χ0n) is 17.8. The molecule has 5 nitrogen and oxygen atoms in total. The lowest BCUT2D eigenvalue weighted by molar-refractivity contribution is -0.121. The summed E-state index contributed by atoms with van der Waals surface area (Å²) in [6, 6.07) is 4.41. The van der Waals surface area contributed by atoms with Gasteiger partial charge in [-0.15, -0.1) is 11.3 Å². The Morgan fingerprint density at radius 1 is 1.25 bits per heavy atom. The van der Waals surface area contributed by atoms with Crippen LogP contribution in [-0.4, -0.2) is 55.7 Å². The number of nitrogens with zero attached hydrogens (tertiary/aromatic N) is 1. The summed E-state index contributed by atoms with van der Waals surface area (Å²) in [6.45, 7) is 11.4. The molecule has 2 fully saturated rings. The minimum absolute atomic E-state index is 0.0591. The van der Waals surface area contributed by atoms with Crippen LogP contribution in [0.25, 0.3) is 0 Å². The molecule has 1 unspecified atom stereocenters. The Bertz CT molecular complexity index is 600. The quantitative estimate of drug-likeness (QED) is 0.725. The molecule has 6 heteroatoms. The zero-order chi connectivity index (χ0) is 20.0. The summed E-state index contributed by atoms with van der Waals surface area (Å²) < 4.78 is 5.56. The summed E-state index contributed by atoms with van der Waals surface area (Å²) in [7, 11) is 0. The molecule has 1 aliphatic heterocycles. The Labute approximate surface area is 174 Å². The third-order valence-electron chi connectivity index (χ3n) is 6.24. The van der Waals surface area contributed by atoms with E-state index in [0.717, 1.165) is 32.8 Å². The molecule has 2 heterocycles. The van der Waals surface area contributed by atoms with E-state index in [4.69, 9.17) is 4.74 Å². The minimum Gasteiger partial charge on any atom is -0.379 e. The predicted octanol–water partition coefficient (Wildman–Crippen LogP) is 3.58. The molecule has 1 aliphatic carbocycles. The number of hydrogen-bond donors (Lipinski definition) is 2. The summed E-state index contributed by atoms with van der Waals surface area (Å²) in [5, 5.41) is 8.87. The van der Waals surface area contributed by atoms with Crippen molar-refractivity contribution in [2.45, 2.75) is 64.5 Å². The van der Waals surface area contributed by atoms with Gasteiger partial charge in [0.05, 0.1) is 19.8 Å². The highest BCUT2D eigenvalue weighted by Gasteiger charge is 2.38. The molecular formula is C22H37N3O2S. The Morgan fingerprint density at radius 2 is 1.96 bits per heavy atom. The first-order valence-corrected chi connectivity index (χ1v) is 11.6. The van der Waals surface area contributed by atoms with Crippen molar-refractivity contribution in [1.29, 1.82) is 0 Å². The van der Waals surface area contributed by atoms with E-state index in [9.17, 15) is 4.79 Å². The van der Waals surface area contributed by atoms with Gasteiger partial charge in [0.1, 0.15) is 0 Å². The van der Waals surface area contributed by atoms with E-state index in [0.29, 0.717) is 6.54 Å². The summed E-state index contributed by atoms with van der Waals surface area (Å²) in [5.74, 6) is 0.101. The van der Waals surface area contributed by atoms with Gasteiger partial charge >= 0.3 is 0 Å². The van der Waals surface area contributed by atoms with E-state index < -0.39 is 0 Å². The first-order valence-electron chi connectivity index (χ1n) is 10.8. The van der Waals surface area contributed by atoms with Gasteiger partial charge in [-0.1, -0.05) is 46.1 Å². The Morgan fingerprint density at radius 3 is 2.57 bits per heavy atom. The van der Waals surface area contributed by atoms with Crippen LogP contribution >= 0.6 is 11.3 Å². The van der Waals surface area contributed by atoms with Crippen molar-refractivity contribution < 1.29 is 9.53 Å². The lowest BCUT2D eigenvalue weighted by atomic mass is 9.79. The molecule has 2 N–H and O–H groups in total. The molecule has 1 amide bonds. The van der Waals surface area contributed by atoms with Gasteiger partial charge in [-0.05, 0) is 29.7 Å². The summed E-state index contributed by atoms with van der Waals surface area (Å²) in [5.41, 5.74) is 0.179. The lowest BCUT2D eigenvalue weighted by Gasteiger charge is -2.48. The molecule has 0 spiro atoms. The van der Waals surface area contributed by atoms with Crippen LogP contribution < -0.4 is 10.6 Å². The van der Waals surface area contributed by atoms with Crippen molar-refractivity contribution in [3.63, 3.8) is 0 Å². The second-order valence-corrected chi connectivity index (χ2v) is 10.3. The van der Waals surface area contributed by atoms with Crippen molar-refractivity contribution >= 4 is 17.2 Å². The Kier molecular flexibility index (Phi) is 7.54. The molecule has 3 rings (SSSR count). The SMILES string of the molecule is CC(C)(C)C(NCC(=O)NCC1(N2CCOCC2)CCCCC1)c1cccs1. The molecule has 1 saturated heterocycles. The molecule has 158 valence electrons. The maximum absolute atomic E-state index is 12.7. The second-order valence-electron chi connectivity index (χ2n) is 9.36. The van der Waals surface area contributed by atoms with Crippen LogP contribution in [0.2, 0.25) is 0 Å². The number of hydrogen-bond acceptors (Lipinski definition) is 5. The lowest BCUT2D eigenvalue weighted by Crippen LogP contribution is -2.60. The highest BCUT2D eigenvalue weighted by molar-refractivity contribution is 7.10. The van der Waals surface area contributed by atoms with Crippen LogP contribution in [0, 0.1) is 5.41 Å². The number of carbonyl (C=O) groups excluding carboxylic acids is 1. The van der Waals surface area contributed by atoms with Crippen molar-refractivity contribution in [3.8, 4) is 0 Å². The van der Waals surface area contributed by atoms with Gasteiger partial charge in [0.15, 0.2) is 0 Å². The van der Waals surface area contributed by atoms with Crippen LogP contribution in [0.3, 0.4) is 0 Å². The fourth-order valence-electron chi connectivity index (χ4n) is 4.66. The average molecular weight is 408 g/mol. The number of carbonyl (C=O) groups is 1. The van der Waals surface area contributed by atoms with Crippen molar-refractivity contribution in [2.24, 2.45) is 5.41 Å². The Hall–Kier alpha value is -0.950. The highest BCUT2D eigenvalue weighted by atomic mass is 32.1. The van der Waals surface area contributed by atoms with E-state index in [-0.39, 0.29) is 22.9 Å². The monoisotopic (exact) mass is 407 g/mol. The molecule has 0 radical (unpaired) electrons. The third-order valence-corrected chi connectivity index (χ3v) is 7.18. The molecule has 28 heavy (non-hydrogen) atoms. The van der Waals surface area contributed by atoms with E-state index >= 15 is 0 Å². The van der Waals surface area contributed by atoms with Crippen LogP contribution in [0.1, 0.15) is 63.8 Å². The van der Waals surface area contributed by atoms with E-state index in [2.05, 4.69) is 53.8 Å². The Balaban J connectivity index is 1.55. The zero-order valence-corrected chi connectivity index (χ0v) is 18.6. The van der Waals surface area contributed by atoms with E-state index in [1.54, 1.807) is 11.3 Å². The second kappa shape index (κ2) is 9.70. The van der Waals surface area contributed by atoms with Crippen LogP contribution in [0.15, 0.2) is 17.5 Å². The van der Waals surface area contributed by atoms with Crippen molar-refractivity contribution in [2.75, 3.05) is 39.4 Å².